The number of nitrogens with two attached hydrogens (primary N) is 2. The third-order valence-corrected chi connectivity index (χ3v) is 2.25. The van der Waals surface area contributed by atoms with Gasteiger partial charge in [-0.1, -0.05) is 0 Å². The number of carbonyl (C=O) groups excluding carboxylic acids is 1. The average molecular weight is 269 g/mol. The number of hydrogen-bond donors (Lipinski definition) is 2. The molecule has 0 aliphatic rings. The van der Waals surface area contributed by atoms with E-state index < -0.39 is 5.91 Å². The molecule has 1 aromatic heterocycles. The summed E-state index contributed by atoms with van der Waals surface area (Å²) in [5.74, 6) is -0.402. The van der Waals surface area contributed by atoms with Crippen molar-refractivity contribution in [3.8, 4) is 5.88 Å². The SMILES string of the molecule is COCCOCCCOc1nc(C(N)=O)ccc1N. The van der Waals surface area contributed by atoms with E-state index in [9.17, 15) is 4.79 Å². The first-order valence-electron chi connectivity index (χ1n) is 5.91. The molecule has 0 saturated carbocycles. The lowest BCUT2D eigenvalue weighted by Gasteiger charge is -2.08. The van der Waals surface area contributed by atoms with Gasteiger partial charge < -0.3 is 25.7 Å². The fourth-order valence-electron chi connectivity index (χ4n) is 1.28. The quantitative estimate of drug-likeness (QED) is 0.619. The van der Waals surface area contributed by atoms with Crippen molar-refractivity contribution in [3.63, 3.8) is 0 Å². The van der Waals surface area contributed by atoms with E-state index in [1.807, 2.05) is 0 Å². The number of hydrogen-bond acceptors (Lipinski definition) is 6. The van der Waals surface area contributed by atoms with Gasteiger partial charge in [0.2, 0.25) is 5.88 Å². The van der Waals surface area contributed by atoms with Crippen LogP contribution in [0.25, 0.3) is 0 Å². The van der Waals surface area contributed by atoms with Crippen molar-refractivity contribution in [1.29, 1.82) is 0 Å². The van der Waals surface area contributed by atoms with E-state index in [0.29, 0.717) is 38.5 Å². The fraction of sp³-hybridized carbons (Fsp3) is 0.500. The zero-order valence-corrected chi connectivity index (χ0v) is 10.9. The summed E-state index contributed by atoms with van der Waals surface area (Å²) >= 11 is 0. The van der Waals surface area contributed by atoms with Crippen molar-refractivity contribution < 1.29 is 19.0 Å². The van der Waals surface area contributed by atoms with Gasteiger partial charge in [-0.3, -0.25) is 4.79 Å². The van der Waals surface area contributed by atoms with Gasteiger partial charge in [0.1, 0.15) is 5.69 Å². The number of carbonyl (C=O) groups is 1. The molecule has 7 nitrogen and oxygen atoms in total. The summed E-state index contributed by atoms with van der Waals surface area (Å²) in [7, 11) is 1.62. The second-order valence-electron chi connectivity index (χ2n) is 3.76. The Hall–Kier alpha value is -1.86. The summed E-state index contributed by atoms with van der Waals surface area (Å²) in [6.07, 6.45) is 0.686. The molecule has 0 aliphatic carbocycles. The number of rotatable bonds is 9. The zero-order valence-electron chi connectivity index (χ0n) is 10.9. The fourth-order valence-corrected chi connectivity index (χ4v) is 1.28. The van der Waals surface area contributed by atoms with E-state index in [1.54, 1.807) is 7.11 Å². The highest BCUT2D eigenvalue weighted by Crippen LogP contribution is 2.18. The number of nitrogens with zero attached hydrogens (tertiary/aromatic N) is 1. The van der Waals surface area contributed by atoms with Crippen LogP contribution in [0.1, 0.15) is 16.9 Å². The summed E-state index contributed by atoms with van der Waals surface area (Å²) in [4.78, 5) is 14.9. The van der Waals surface area contributed by atoms with Gasteiger partial charge >= 0.3 is 0 Å². The second kappa shape index (κ2) is 8.28. The van der Waals surface area contributed by atoms with Crippen LogP contribution in [0.5, 0.6) is 5.88 Å². The Labute approximate surface area is 111 Å². The summed E-state index contributed by atoms with van der Waals surface area (Å²) in [5, 5.41) is 0. The van der Waals surface area contributed by atoms with Crippen LogP contribution in [0, 0.1) is 0 Å². The molecule has 1 aromatic rings. The van der Waals surface area contributed by atoms with Gasteiger partial charge in [0.05, 0.1) is 25.5 Å². The molecule has 1 amide bonds. The summed E-state index contributed by atoms with van der Waals surface area (Å²) in [6.45, 7) is 2.06. The van der Waals surface area contributed by atoms with Crippen LogP contribution < -0.4 is 16.2 Å². The first-order valence-corrected chi connectivity index (χ1v) is 5.91. The maximum atomic E-state index is 11.0. The van der Waals surface area contributed by atoms with Crippen molar-refractivity contribution in [2.75, 3.05) is 39.3 Å². The lowest BCUT2D eigenvalue weighted by atomic mass is 10.3. The minimum atomic E-state index is -0.618. The number of amides is 1. The molecule has 0 saturated heterocycles. The first-order chi connectivity index (χ1) is 9.15. The Morgan fingerprint density at radius 3 is 2.74 bits per heavy atom. The van der Waals surface area contributed by atoms with Crippen LogP contribution in [0.3, 0.4) is 0 Å². The lowest BCUT2D eigenvalue weighted by Crippen LogP contribution is -2.14. The highest BCUT2D eigenvalue weighted by Gasteiger charge is 2.07. The van der Waals surface area contributed by atoms with Crippen LogP contribution in [-0.2, 0) is 9.47 Å². The maximum absolute atomic E-state index is 11.0. The minimum Gasteiger partial charge on any atom is -0.476 e. The normalized spacial score (nSPS) is 10.4. The van der Waals surface area contributed by atoms with Gasteiger partial charge in [0.25, 0.3) is 5.91 Å². The smallest absolute Gasteiger partial charge is 0.267 e. The van der Waals surface area contributed by atoms with Crippen molar-refractivity contribution in [2.24, 2.45) is 5.73 Å². The van der Waals surface area contributed by atoms with Crippen LogP contribution >= 0.6 is 0 Å². The van der Waals surface area contributed by atoms with Gasteiger partial charge in [0.15, 0.2) is 0 Å². The molecule has 19 heavy (non-hydrogen) atoms. The van der Waals surface area contributed by atoms with E-state index in [4.69, 9.17) is 25.7 Å². The first kappa shape index (κ1) is 15.2. The van der Waals surface area contributed by atoms with Crippen molar-refractivity contribution in [1.82, 2.24) is 4.98 Å². The Kier molecular flexibility index (Phi) is 6.62. The molecule has 0 atom stereocenters. The second-order valence-corrected chi connectivity index (χ2v) is 3.76. The van der Waals surface area contributed by atoms with E-state index in [2.05, 4.69) is 4.98 Å². The predicted molar refractivity (Wildman–Crippen MR) is 70.0 cm³/mol. The van der Waals surface area contributed by atoms with Gasteiger partial charge in [-0.05, 0) is 12.1 Å². The lowest BCUT2D eigenvalue weighted by molar-refractivity contribution is 0.0642. The van der Waals surface area contributed by atoms with Gasteiger partial charge in [-0.2, -0.15) is 0 Å². The maximum Gasteiger partial charge on any atom is 0.267 e. The number of pyridine rings is 1. The molecule has 1 rings (SSSR count). The minimum absolute atomic E-state index is 0.126. The summed E-state index contributed by atoms with van der Waals surface area (Å²) in [5.41, 5.74) is 11.3. The molecular formula is C12H19N3O4. The molecule has 0 unspecified atom stereocenters. The van der Waals surface area contributed by atoms with Crippen LogP contribution in [-0.4, -0.2) is 44.4 Å². The van der Waals surface area contributed by atoms with E-state index >= 15 is 0 Å². The van der Waals surface area contributed by atoms with Crippen molar-refractivity contribution in [2.45, 2.75) is 6.42 Å². The number of anilines is 1. The topological polar surface area (TPSA) is 110 Å². The van der Waals surface area contributed by atoms with Gasteiger partial charge in [0, 0.05) is 20.1 Å². The Bertz CT molecular complexity index is 412. The molecule has 7 heteroatoms. The molecule has 0 fully saturated rings. The zero-order chi connectivity index (χ0) is 14.1. The van der Waals surface area contributed by atoms with Crippen LogP contribution in [0.4, 0.5) is 5.69 Å². The Balaban J connectivity index is 2.32. The summed E-state index contributed by atoms with van der Waals surface area (Å²) in [6, 6.07) is 3.00. The van der Waals surface area contributed by atoms with Crippen LogP contribution in [0.2, 0.25) is 0 Å². The number of methoxy groups -OCH3 is 1. The Morgan fingerprint density at radius 1 is 1.26 bits per heavy atom. The molecule has 4 N–H and O–H groups in total. The predicted octanol–water partition coefficient (Wildman–Crippen LogP) is 0.195. The molecular weight excluding hydrogens is 250 g/mol. The van der Waals surface area contributed by atoms with E-state index in [0.717, 1.165) is 0 Å². The van der Waals surface area contributed by atoms with Gasteiger partial charge in [-0.25, -0.2) is 4.98 Å². The number of primary amides is 1. The Morgan fingerprint density at radius 2 is 2.05 bits per heavy atom. The molecule has 106 valence electrons. The average Bonchev–Trinajstić information content (AvgIpc) is 2.39. The molecule has 1 heterocycles. The number of ether oxygens (including phenoxy) is 3. The highest BCUT2D eigenvalue weighted by atomic mass is 16.5. The molecule has 0 aromatic carbocycles. The molecule has 0 radical (unpaired) electrons. The largest absolute Gasteiger partial charge is 0.476 e. The van der Waals surface area contributed by atoms with E-state index in [1.165, 1.54) is 12.1 Å². The van der Waals surface area contributed by atoms with Crippen molar-refractivity contribution in [3.05, 3.63) is 17.8 Å². The third-order valence-electron chi connectivity index (χ3n) is 2.25. The monoisotopic (exact) mass is 269 g/mol. The van der Waals surface area contributed by atoms with Gasteiger partial charge in [-0.15, -0.1) is 0 Å². The standard InChI is InChI=1S/C12H19N3O4/c1-17-7-8-18-5-2-6-19-12-9(13)3-4-10(15-12)11(14)16/h3-4H,2,5-8,13H2,1H3,(H2,14,16). The molecule has 0 aliphatic heterocycles. The number of aromatic nitrogens is 1. The highest BCUT2D eigenvalue weighted by molar-refractivity contribution is 5.91. The van der Waals surface area contributed by atoms with Crippen LogP contribution in [0.15, 0.2) is 12.1 Å². The molecule has 0 bridgehead atoms. The van der Waals surface area contributed by atoms with Crippen molar-refractivity contribution >= 4 is 11.6 Å². The summed E-state index contributed by atoms with van der Waals surface area (Å²) < 4.78 is 15.5. The third kappa shape index (κ3) is 5.54. The molecule has 0 spiro atoms. The van der Waals surface area contributed by atoms with E-state index in [-0.39, 0.29) is 11.6 Å². The number of nitrogen functional groups attached to an aromatic ring is 1.